The zero-order valence-electron chi connectivity index (χ0n) is 9.20. The second kappa shape index (κ2) is 4.82. The van der Waals surface area contributed by atoms with E-state index in [9.17, 15) is 5.11 Å². The molecule has 0 aromatic heterocycles. The zero-order valence-corrected chi connectivity index (χ0v) is 9.96. The normalized spacial score (nSPS) is 13.6. The average Bonchev–Trinajstić information content (AvgIpc) is 2.17. The quantitative estimate of drug-likeness (QED) is 0.832. The molecule has 0 saturated heterocycles. The maximum absolute atomic E-state index is 9.88. The predicted octanol–water partition coefficient (Wildman–Crippen LogP) is 3.37. The fourth-order valence-electron chi connectivity index (χ4n) is 1.64. The lowest BCUT2D eigenvalue weighted by atomic mass is 9.80. The van der Waals surface area contributed by atoms with Gasteiger partial charge in [-0.1, -0.05) is 62.4 Å². The van der Waals surface area contributed by atoms with Gasteiger partial charge in [-0.2, -0.15) is 0 Å². The van der Waals surface area contributed by atoms with Crippen LogP contribution in [0.25, 0.3) is 0 Å². The van der Waals surface area contributed by atoms with Crippen molar-refractivity contribution in [1.82, 2.24) is 0 Å². The maximum atomic E-state index is 9.88. The Kier molecular flexibility index (Phi) is 3.95. The molecule has 2 heteroatoms. The molecule has 1 unspecified atom stereocenters. The molecule has 1 atom stereocenters. The Morgan fingerprint density at radius 3 is 2.40 bits per heavy atom. The summed E-state index contributed by atoms with van der Waals surface area (Å²) in [6, 6.07) is 10.1. The lowest BCUT2D eigenvalue weighted by Crippen LogP contribution is -2.31. The molecule has 0 radical (unpaired) electrons. The van der Waals surface area contributed by atoms with Crippen molar-refractivity contribution in [1.29, 1.82) is 0 Å². The van der Waals surface area contributed by atoms with Gasteiger partial charge in [-0.25, -0.2) is 0 Å². The first-order valence-electron chi connectivity index (χ1n) is 5.00. The van der Waals surface area contributed by atoms with Crippen LogP contribution in [0.15, 0.2) is 41.9 Å². The molecule has 15 heavy (non-hydrogen) atoms. The summed E-state index contributed by atoms with van der Waals surface area (Å²) in [4.78, 5) is 0. The Bertz CT molecular complexity index is 330. The lowest BCUT2D eigenvalue weighted by Gasteiger charge is -2.30. The van der Waals surface area contributed by atoms with Crippen molar-refractivity contribution in [2.75, 3.05) is 0 Å². The fourth-order valence-corrected chi connectivity index (χ4v) is 1.94. The van der Waals surface area contributed by atoms with E-state index in [-0.39, 0.29) is 5.41 Å². The lowest BCUT2D eigenvalue weighted by molar-refractivity contribution is 0.0873. The van der Waals surface area contributed by atoms with Gasteiger partial charge in [0.15, 0.2) is 0 Å². The Hall–Kier alpha value is -0.790. The summed E-state index contributed by atoms with van der Waals surface area (Å²) in [6.45, 7) is 7.55. The van der Waals surface area contributed by atoms with Crippen LogP contribution in [0.3, 0.4) is 0 Å². The third kappa shape index (κ3) is 3.37. The summed E-state index contributed by atoms with van der Waals surface area (Å²) >= 11 is 5.73. The van der Waals surface area contributed by atoms with Crippen LogP contribution in [0, 0.1) is 5.41 Å². The third-order valence-electron chi connectivity index (χ3n) is 2.54. The molecule has 0 bridgehead atoms. The summed E-state index contributed by atoms with van der Waals surface area (Å²) in [7, 11) is 0. The van der Waals surface area contributed by atoms with E-state index < -0.39 is 6.10 Å². The summed E-state index contributed by atoms with van der Waals surface area (Å²) in [6.07, 6.45) is 0.0974. The molecular formula is C13H17ClO. The van der Waals surface area contributed by atoms with E-state index >= 15 is 0 Å². The number of hydrogen-bond donors (Lipinski definition) is 1. The van der Waals surface area contributed by atoms with Gasteiger partial charge in [-0.3, -0.25) is 0 Å². The number of halogens is 1. The molecule has 1 N–H and O–H groups in total. The topological polar surface area (TPSA) is 20.2 Å². The van der Waals surface area contributed by atoms with Crippen LogP contribution in [0.2, 0.25) is 0 Å². The molecular weight excluding hydrogens is 208 g/mol. The van der Waals surface area contributed by atoms with Crippen LogP contribution < -0.4 is 0 Å². The van der Waals surface area contributed by atoms with Gasteiger partial charge in [0, 0.05) is 5.03 Å². The van der Waals surface area contributed by atoms with Gasteiger partial charge in [0.2, 0.25) is 0 Å². The Balaban J connectivity index is 2.76. The molecule has 0 heterocycles. The van der Waals surface area contributed by atoms with E-state index in [1.165, 1.54) is 5.56 Å². The van der Waals surface area contributed by atoms with Gasteiger partial charge >= 0.3 is 0 Å². The minimum atomic E-state index is -0.681. The monoisotopic (exact) mass is 224 g/mol. The number of aliphatic hydroxyl groups excluding tert-OH is 1. The second-order valence-electron chi connectivity index (χ2n) is 4.50. The number of rotatable bonds is 4. The minimum absolute atomic E-state index is 0.291. The molecule has 0 aliphatic heterocycles. The van der Waals surface area contributed by atoms with Gasteiger partial charge in [0.05, 0.1) is 6.10 Å². The average molecular weight is 225 g/mol. The van der Waals surface area contributed by atoms with Crippen molar-refractivity contribution >= 4 is 11.6 Å². The summed E-state index contributed by atoms with van der Waals surface area (Å²) in [5.41, 5.74) is 0.902. The third-order valence-corrected chi connectivity index (χ3v) is 2.75. The highest BCUT2D eigenvalue weighted by Gasteiger charge is 2.29. The van der Waals surface area contributed by atoms with E-state index in [2.05, 4.69) is 6.58 Å². The first-order chi connectivity index (χ1) is 6.93. The molecule has 0 spiro atoms. The largest absolute Gasteiger partial charge is 0.387 e. The standard InChI is InChI=1S/C13H17ClO/c1-10(14)12(15)13(2,3)9-11-7-5-4-6-8-11/h4-8,12,15H,1,9H2,2-3H3. The Labute approximate surface area is 96.4 Å². The van der Waals surface area contributed by atoms with Crippen LogP contribution in [-0.4, -0.2) is 11.2 Å². The number of hydrogen-bond acceptors (Lipinski definition) is 1. The maximum Gasteiger partial charge on any atom is 0.0943 e. The Morgan fingerprint density at radius 2 is 1.93 bits per heavy atom. The smallest absolute Gasteiger partial charge is 0.0943 e. The van der Waals surface area contributed by atoms with Gasteiger partial charge in [-0.05, 0) is 17.4 Å². The predicted molar refractivity (Wildman–Crippen MR) is 64.9 cm³/mol. The van der Waals surface area contributed by atoms with Crippen LogP contribution in [-0.2, 0) is 6.42 Å². The molecule has 0 fully saturated rings. The Morgan fingerprint density at radius 1 is 1.40 bits per heavy atom. The highest BCUT2D eigenvalue weighted by molar-refractivity contribution is 6.29. The highest BCUT2D eigenvalue weighted by atomic mass is 35.5. The second-order valence-corrected chi connectivity index (χ2v) is 4.99. The number of aliphatic hydroxyl groups is 1. The highest BCUT2D eigenvalue weighted by Crippen LogP contribution is 2.30. The van der Waals surface area contributed by atoms with Crippen molar-refractivity contribution in [2.24, 2.45) is 5.41 Å². The van der Waals surface area contributed by atoms with Crippen molar-refractivity contribution in [3.8, 4) is 0 Å². The first-order valence-corrected chi connectivity index (χ1v) is 5.37. The fraction of sp³-hybridized carbons (Fsp3) is 0.385. The van der Waals surface area contributed by atoms with Crippen LogP contribution in [0.5, 0.6) is 0 Å². The molecule has 0 amide bonds. The van der Waals surface area contributed by atoms with Crippen molar-refractivity contribution < 1.29 is 5.11 Å². The van der Waals surface area contributed by atoms with Crippen molar-refractivity contribution in [3.63, 3.8) is 0 Å². The zero-order chi connectivity index (χ0) is 11.5. The summed E-state index contributed by atoms with van der Waals surface area (Å²) in [5.74, 6) is 0. The van der Waals surface area contributed by atoms with E-state index in [1.54, 1.807) is 0 Å². The van der Waals surface area contributed by atoms with Crippen LogP contribution in [0.4, 0.5) is 0 Å². The molecule has 82 valence electrons. The van der Waals surface area contributed by atoms with Gasteiger partial charge in [0.25, 0.3) is 0 Å². The van der Waals surface area contributed by atoms with E-state index in [4.69, 9.17) is 11.6 Å². The van der Waals surface area contributed by atoms with E-state index in [0.29, 0.717) is 5.03 Å². The van der Waals surface area contributed by atoms with E-state index in [1.807, 2.05) is 44.2 Å². The first kappa shape index (κ1) is 12.3. The molecule has 1 nitrogen and oxygen atoms in total. The minimum Gasteiger partial charge on any atom is -0.387 e. The SMILES string of the molecule is C=C(Cl)C(O)C(C)(C)Cc1ccccc1. The van der Waals surface area contributed by atoms with Gasteiger partial charge in [-0.15, -0.1) is 0 Å². The molecule has 0 aliphatic carbocycles. The molecule has 0 aliphatic rings. The molecule has 1 aromatic rings. The number of benzene rings is 1. The van der Waals surface area contributed by atoms with Crippen molar-refractivity contribution in [3.05, 3.63) is 47.5 Å². The summed E-state index contributed by atoms with van der Waals surface area (Å²) in [5, 5.41) is 10.2. The van der Waals surface area contributed by atoms with Gasteiger partial charge < -0.3 is 5.11 Å². The molecule has 1 aromatic carbocycles. The van der Waals surface area contributed by atoms with Gasteiger partial charge in [0.1, 0.15) is 0 Å². The van der Waals surface area contributed by atoms with Crippen LogP contribution >= 0.6 is 11.6 Å². The van der Waals surface area contributed by atoms with Crippen molar-refractivity contribution in [2.45, 2.75) is 26.4 Å². The van der Waals surface area contributed by atoms with Crippen LogP contribution in [0.1, 0.15) is 19.4 Å². The summed E-state index contributed by atoms with van der Waals surface area (Å²) < 4.78 is 0. The molecule has 0 saturated carbocycles. The van der Waals surface area contributed by atoms with E-state index in [0.717, 1.165) is 6.42 Å². The molecule has 1 rings (SSSR count).